The fourth-order valence-electron chi connectivity index (χ4n) is 1.95. The summed E-state index contributed by atoms with van der Waals surface area (Å²) in [5, 5.41) is 0. The third-order valence-corrected chi connectivity index (χ3v) is 2.85. The van der Waals surface area contributed by atoms with Gasteiger partial charge in [0.1, 0.15) is 0 Å². The van der Waals surface area contributed by atoms with Gasteiger partial charge in [0.05, 0.1) is 12.6 Å². The number of piperazine rings is 1. The lowest BCUT2D eigenvalue weighted by Crippen LogP contribution is -2.57. The van der Waals surface area contributed by atoms with Crippen molar-refractivity contribution in [2.75, 3.05) is 26.2 Å². The molecule has 0 aliphatic carbocycles. The number of nitrogens with two attached hydrogens (primary N) is 1. The summed E-state index contributed by atoms with van der Waals surface area (Å²) in [5.74, 6) is -0.205. The van der Waals surface area contributed by atoms with Crippen molar-refractivity contribution in [1.82, 2.24) is 9.80 Å². The lowest BCUT2D eigenvalue weighted by atomic mass is 10.1. The third kappa shape index (κ3) is 4.16. The first-order valence-electron chi connectivity index (χ1n) is 5.56. The van der Waals surface area contributed by atoms with Crippen molar-refractivity contribution in [3.63, 3.8) is 0 Å². The Morgan fingerprint density at radius 2 is 2.06 bits per heavy atom. The molecule has 4 nitrogen and oxygen atoms in total. The zero-order valence-corrected chi connectivity index (χ0v) is 10.00. The van der Waals surface area contributed by atoms with Gasteiger partial charge in [0, 0.05) is 25.7 Å². The molecule has 0 bridgehead atoms. The Morgan fingerprint density at radius 1 is 1.47 bits per heavy atom. The van der Waals surface area contributed by atoms with Crippen LogP contribution in [0.3, 0.4) is 0 Å². The number of nitrogens with zero attached hydrogens (tertiary/aromatic N) is 2. The largest absolute Gasteiger partial charge is 0.401 e. The van der Waals surface area contributed by atoms with E-state index in [1.54, 1.807) is 13.8 Å². The minimum Gasteiger partial charge on any atom is -0.339 e. The first-order valence-corrected chi connectivity index (χ1v) is 5.56. The van der Waals surface area contributed by atoms with E-state index in [-0.39, 0.29) is 18.5 Å². The van der Waals surface area contributed by atoms with Crippen molar-refractivity contribution >= 4 is 5.91 Å². The summed E-state index contributed by atoms with van der Waals surface area (Å²) in [6.07, 6.45) is -4.19. The van der Waals surface area contributed by atoms with Gasteiger partial charge in [0.15, 0.2) is 0 Å². The lowest BCUT2D eigenvalue weighted by molar-refractivity contribution is -0.157. The van der Waals surface area contributed by atoms with E-state index in [2.05, 4.69) is 0 Å². The predicted octanol–water partition coefficient (Wildman–Crippen LogP) is 0.429. The normalized spacial score (nSPS) is 24.8. The Kier molecular flexibility index (Phi) is 4.37. The summed E-state index contributed by atoms with van der Waals surface area (Å²) >= 11 is 0. The van der Waals surface area contributed by atoms with E-state index in [0.29, 0.717) is 13.1 Å². The molecular weight excluding hydrogens is 235 g/mol. The van der Waals surface area contributed by atoms with Crippen molar-refractivity contribution in [3.05, 3.63) is 0 Å². The van der Waals surface area contributed by atoms with E-state index >= 15 is 0 Å². The molecule has 1 heterocycles. The van der Waals surface area contributed by atoms with Crippen molar-refractivity contribution in [3.8, 4) is 0 Å². The molecule has 100 valence electrons. The molecule has 0 aromatic rings. The molecule has 0 spiro atoms. The molecule has 1 aliphatic rings. The van der Waals surface area contributed by atoms with Gasteiger partial charge in [-0.2, -0.15) is 13.2 Å². The molecule has 1 saturated heterocycles. The van der Waals surface area contributed by atoms with Gasteiger partial charge in [0.25, 0.3) is 0 Å². The van der Waals surface area contributed by atoms with E-state index in [1.807, 2.05) is 0 Å². The molecule has 1 amide bonds. The van der Waals surface area contributed by atoms with Gasteiger partial charge in [-0.25, -0.2) is 0 Å². The van der Waals surface area contributed by atoms with E-state index in [9.17, 15) is 18.0 Å². The van der Waals surface area contributed by atoms with E-state index < -0.39 is 18.8 Å². The van der Waals surface area contributed by atoms with Crippen molar-refractivity contribution in [1.29, 1.82) is 0 Å². The van der Waals surface area contributed by atoms with Crippen LogP contribution in [0.1, 0.15) is 13.8 Å². The second-order valence-electron chi connectivity index (χ2n) is 4.51. The highest BCUT2D eigenvalue weighted by Gasteiger charge is 2.36. The number of rotatable bonds is 2. The van der Waals surface area contributed by atoms with Crippen LogP contribution >= 0.6 is 0 Å². The number of halogens is 3. The van der Waals surface area contributed by atoms with Gasteiger partial charge >= 0.3 is 6.18 Å². The maximum atomic E-state index is 12.3. The average Bonchev–Trinajstić information content (AvgIpc) is 2.18. The highest BCUT2D eigenvalue weighted by Crippen LogP contribution is 2.20. The van der Waals surface area contributed by atoms with Crippen LogP contribution in [0.25, 0.3) is 0 Å². The van der Waals surface area contributed by atoms with Gasteiger partial charge in [-0.1, -0.05) is 0 Å². The Labute approximate surface area is 98.5 Å². The van der Waals surface area contributed by atoms with Gasteiger partial charge in [-0.05, 0) is 13.8 Å². The number of alkyl halides is 3. The average molecular weight is 253 g/mol. The number of hydrogen-bond donors (Lipinski definition) is 1. The van der Waals surface area contributed by atoms with Crippen molar-refractivity contribution in [2.24, 2.45) is 5.73 Å². The summed E-state index contributed by atoms with van der Waals surface area (Å²) in [6.45, 7) is 3.19. The molecule has 2 N–H and O–H groups in total. The smallest absolute Gasteiger partial charge is 0.339 e. The predicted molar refractivity (Wildman–Crippen MR) is 57.3 cm³/mol. The SMILES string of the molecule is CC1CN(C(=O)[C@@H](C)N)CCN1CC(F)(F)F. The maximum absolute atomic E-state index is 12.3. The van der Waals surface area contributed by atoms with E-state index in [4.69, 9.17) is 5.73 Å². The highest BCUT2D eigenvalue weighted by atomic mass is 19.4. The second kappa shape index (κ2) is 5.22. The van der Waals surface area contributed by atoms with Crippen LogP contribution in [-0.2, 0) is 4.79 Å². The van der Waals surface area contributed by atoms with Crippen LogP contribution in [-0.4, -0.2) is 60.1 Å². The molecule has 1 rings (SSSR count). The van der Waals surface area contributed by atoms with Crippen LogP contribution < -0.4 is 5.73 Å². The quantitative estimate of drug-likeness (QED) is 0.776. The van der Waals surface area contributed by atoms with Crippen LogP contribution in [0, 0.1) is 0 Å². The van der Waals surface area contributed by atoms with Crippen LogP contribution in [0.4, 0.5) is 13.2 Å². The molecule has 0 radical (unpaired) electrons. The summed E-state index contributed by atoms with van der Waals surface area (Å²) in [6, 6.07) is -0.899. The molecule has 0 aromatic carbocycles. The van der Waals surface area contributed by atoms with Gasteiger partial charge in [-0.3, -0.25) is 9.69 Å². The van der Waals surface area contributed by atoms with Crippen molar-refractivity contribution in [2.45, 2.75) is 32.1 Å². The first kappa shape index (κ1) is 14.2. The van der Waals surface area contributed by atoms with Crippen LogP contribution in [0.2, 0.25) is 0 Å². The number of carbonyl (C=O) groups is 1. The zero-order chi connectivity index (χ0) is 13.2. The second-order valence-corrected chi connectivity index (χ2v) is 4.51. The topological polar surface area (TPSA) is 49.6 Å². The Hall–Kier alpha value is -0.820. The zero-order valence-electron chi connectivity index (χ0n) is 10.00. The third-order valence-electron chi connectivity index (χ3n) is 2.85. The molecular formula is C10H18F3N3O. The first-order chi connectivity index (χ1) is 7.70. The van der Waals surface area contributed by atoms with Gasteiger partial charge < -0.3 is 10.6 Å². The van der Waals surface area contributed by atoms with Crippen molar-refractivity contribution < 1.29 is 18.0 Å². The molecule has 1 aliphatic heterocycles. The summed E-state index contributed by atoms with van der Waals surface area (Å²) < 4.78 is 36.8. The van der Waals surface area contributed by atoms with Gasteiger partial charge in [-0.15, -0.1) is 0 Å². The summed E-state index contributed by atoms with van der Waals surface area (Å²) in [7, 11) is 0. The Morgan fingerprint density at radius 3 is 2.47 bits per heavy atom. The number of carbonyl (C=O) groups excluding carboxylic acids is 1. The molecule has 7 heteroatoms. The number of hydrogen-bond acceptors (Lipinski definition) is 3. The van der Waals surface area contributed by atoms with E-state index in [1.165, 1.54) is 9.80 Å². The van der Waals surface area contributed by atoms with Crippen LogP contribution in [0.5, 0.6) is 0 Å². The molecule has 0 aromatic heterocycles. The maximum Gasteiger partial charge on any atom is 0.401 e. The summed E-state index contributed by atoms with van der Waals surface area (Å²) in [4.78, 5) is 14.5. The molecule has 1 unspecified atom stereocenters. The van der Waals surface area contributed by atoms with Crippen LogP contribution in [0.15, 0.2) is 0 Å². The summed E-state index contributed by atoms with van der Waals surface area (Å²) in [5.41, 5.74) is 5.46. The highest BCUT2D eigenvalue weighted by molar-refractivity contribution is 5.81. The molecule has 2 atom stereocenters. The molecule has 17 heavy (non-hydrogen) atoms. The number of amides is 1. The fourth-order valence-corrected chi connectivity index (χ4v) is 1.95. The van der Waals surface area contributed by atoms with Gasteiger partial charge in [0.2, 0.25) is 5.91 Å². The lowest BCUT2D eigenvalue weighted by Gasteiger charge is -2.40. The fraction of sp³-hybridized carbons (Fsp3) is 0.900. The minimum atomic E-state index is -4.19. The standard InChI is InChI=1S/C10H18F3N3O/c1-7-5-15(9(17)8(2)14)3-4-16(7)6-10(11,12)13/h7-8H,3-6,14H2,1-2H3/t7?,8-/m1/s1. The monoisotopic (exact) mass is 253 g/mol. The van der Waals surface area contributed by atoms with E-state index in [0.717, 1.165) is 0 Å². The Balaban J connectivity index is 2.53. The Bertz CT molecular complexity index is 280. The molecule has 1 fully saturated rings. The minimum absolute atomic E-state index is 0.205. The molecule has 0 saturated carbocycles.